The third-order valence-electron chi connectivity index (χ3n) is 7.14. The van der Waals surface area contributed by atoms with E-state index in [0.29, 0.717) is 22.9 Å². The minimum Gasteiger partial charge on any atom is -0.395 e. The van der Waals surface area contributed by atoms with E-state index >= 15 is 0 Å². The van der Waals surface area contributed by atoms with E-state index in [1.165, 1.54) is 22.2 Å². The van der Waals surface area contributed by atoms with Crippen LogP contribution in [-0.2, 0) is 25.8 Å². The summed E-state index contributed by atoms with van der Waals surface area (Å²) >= 11 is 0. The summed E-state index contributed by atoms with van der Waals surface area (Å²) in [6, 6.07) is 7.70. The first-order valence-corrected chi connectivity index (χ1v) is 14.1. The normalized spacial score (nSPS) is 17.6. The van der Waals surface area contributed by atoms with E-state index in [0.717, 1.165) is 17.5 Å². The molecule has 2 aromatic carbocycles. The van der Waals surface area contributed by atoms with E-state index in [9.17, 15) is 40.7 Å². The summed E-state index contributed by atoms with van der Waals surface area (Å²) in [6.45, 7) is 2.85. The SMILES string of the molecule is CC(=O)N(CCO)c1ccc(C=CS(=O)(=O)N2CCC3(CC2)N=C(c2cccc(C(F)(F)F)c2F)NC3=O)c(C)c1. The number of halogens is 4. The van der Waals surface area contributed by atoms with E-state index in [-0.39, 0.29) is 50.8 Å². The highest BCUT2D eigenvalue weighted by Gasteiger charge is 2.48. The Kier molecular flexibility index (Phi) is 8.39. The van der Waals surface area contributed by atoms with Gasteiger partial charge in [0.05, 0.1) is 17.7 Å². The molecule has 0 atom stereocenters. The molecule has 41 heavy (non-hydrogen) atoms. The molecule has 2 heterocycles. The predicted molar refractivity (Wildman–Crippen MR) is 144 cm³/mol. The molecule has 1 saturated heterocycles. The minimum atomic E-state index is -4.93. The average Bonchev–Trinajstić information content (AvgIpc) is 3.20. The number of hydrogen-bond donors (Lipinski definition) is 2. The molecule has 2 N–H and O–H groups in total. The summed E-state index contributed by atoms with van der Waals surface area (Å²) in [7, 11) is -3.91. The van der Waals surface area contributed by atoms with Crippen molar-refractivity contribution in [2.75, 3.05) is 31.1 Å². The van der Waals surface area contributed by atoms with Gasteiger partial charge in [0.2, 0.25) is 15.9 Å². The molecule has 0 aromatic heterocycles. The zero-order chi connectivity index (χ0) is 30.2. The van der Waals surface area contributed by atoms with Gasteiger partial charge in [0.1, 0.15) is 17.2 Å². The van der Waals surface area contributed by atoms with Gasteiger partial charge < -0.3 is 15.3 Å². The number of anilines is 1. The molecule has 1 spiro atoms. The van der Waals surface area contributed by atoms with Gasteiger partial charge >= 0.3 is 6.18 Å². The molecule has 0 radical (unpaired) electrons. The number of nitrogens with one attached hydrogen (secondary N) is 1. The van der Waals surface area contributed by atoms with Crippen LogP contribution in [0.1, 0.15) is 42.0 Å². The molecule has 2 aromatic rings. The lowest BCUT2D eigenvalue weighted by Crippen LogP contribution is -2.50. The average molecular weight is 597 g/mol. The third-order valence-corrected chi connectivity index (χ3v) is 8.70. The van der Waals surface area contributed by atoms with E-state index in [1.54, 1.807) is 25.1 Å². The second kappa shape index (κ2) is 11.3. The standard InChI is InChI=1S/C27H28F4N4O5S/c1-17-16-20(35(13-14-36)18(2)37)7-6-19(17)8-15-41(39,40)34-11-9-26(10-12-34)25(38)32-24(33-26)21-4-3-5-22(23(21)28)27(29,30)31/h3-8,15-16,36H,9-14H2,1-2H3,(H,32,33,38). The van der Waals surface area contributed by atoms with Gasteiger partial charge in [-0.3, -0.25) is 14.6 Å². The molecular weight excluding hydrogens is 568 g/mol. The van der Waals surface area contributed by atoms with Crippen molar-refractivity contribution in [2.45, 2.75) is 38.4 Å². The fourth-order valence-corrected chi connectivity index (χ4v) is 6.04. The van der Waals surface area contributed by atoms with Crippen molar-refractivity contribution in [1.29, 1.82) is 0 Å². The number of alkyl halides is 3. The maximum absolute atomic E-state index is 14.6. The number of carbonyl (C=O) groups excluding carboxylic acids is 2. The Bertz CT molecular complexity index is 1530. The van der Waals surface area contributed by atoms with Crippen molar-refractivity contribution >= 4 is 39.4 Å². The van der Waals surface area contributed by atoms with Gasteiger partial charge in [0.15, 0.2) is 0 Å². The van der Waals surface area contributed by atoms with Crippen LogP contribution in [0.2, 0.25) is 0 Å². The first kappa shape index (κ1) is 30.3. The third kappa shape index (κ3) is 6.19. The van der Waals surface area contributed by atoms with E-state index in [1.807, 2.05) is 0 Å². The Hall–Kier alpha value is -3.62. The zero-order valence-corrected chi connectivity index (χ0v) is 23.0. The van der Waals surface area contributed by atoms with Gasteiger partial charge in [0, 0.05) is 37.7 Å². The van der Waals surface area contributed by atoms with Crippen LogP contribution in [0.4, 0.5) is 23.2 Å². The Morgan fingerprint density at radius 3 is 2.49 bits per heavy atom. The number of aliphatic hydroxyl groups is 1. The molecule has 0 unspecified atom stereocenters. The number of aliphatic hydroxyl groups excluding tert-OH is 1. The first-order valence-electron chi connectivity index (χ1n) is 12.6. The molecule has 1 fully saturated rings. The van der Waals surface area contributed by atoms with Crippen molar-refractivity contribution in [3.05, 3.63) is 69.9 Å². The number of benzene rings is 2. The number of carbonyl (C=O) groups is 2. The summed E-state index contributed by atoms with van der Waals surface area (Å²) in [4.78, 5) is 30.3. The van der Waals surface area contributed by atoms with Crippen molar-refractivity contribution in [3.8, 4) is 0 Å². The molecule has 0 aliphatic carbocycles. The molecule has 2 aliphatic heterocycles. The Labute approximate surface area is 234 Å². The van der Waals surface area contributed by atoms with E-state index in [4.69, 9.17) is 0 Å². The van der Waals surface area contributed by atoms with Crippen molar-refractivity contribution in [3.63, 3.8) is 0 Å². The number of amides is 2. The van der Waals surface area contributed by atoms with Gasteiger partial charge in [0.25, 0.3) is 5.91 Å². The topological polar surface area (TPSA) is 119 Å². The minimum absolute atomic E-state index is 0.0462. The van der Waals surface area contributed by atoms with Crippen LogP contribution in [0.3, 0.4) is 0 Å². The summed E-state index contributed by atoms with van der Waals surface area (Å²) < 4.78 is 81.3. The quantitative estimate of drug-likeness (QED) is 0.476. The number of hydrogen-bond acceptors (Lipinski definition) is 6. The molecule has 2 aliphatic rings. The second-order valence-electron chi connectivity index (χ2n) is 9.79. The highest BCUT2D eigenvalue weighted by atomic mass is 32.2. The number of aliphatic imine (C=N–C) groups is 1. The number of nitrogens with zero attached hydrogens (tertiary/aromatic N) is 3. The molecule has 0 bridgehead atoms. The summed E-state index contributed by atoms with van der Waals surface area (Å²) in [5.74, 6) is -2.75. The highest BCUT2D eigenvalue weighted by molar-refractivity contribution is 7.92. The monoisotopic (exact) mass is 596 g/mol. The summed E-state index contributed by atoms with van der Waals surface area (Å²) in [5.41, 5.74) is -1.55. The van der Waals surface area contributed by atoms with Crippen molar-refractivity contribution in [2.24, 2.45) is 4.99 Å². The van der Waals surface area contributed by atoms with Crippen molar-refractivity contribution in [1.82, 2.24) is 9.62 Å². The number of rotatable bonds is 7. The molecule has 9 nitrogen and oxygen atoms in total. The molecule has 4 rings (SSSR count). The van der Waals surface area contributed by atoms with E-state index < -0.39 is 44.6 Å². The molecule has 220 valence electrons. The molecule has 14 heteroatoms. The lowest BCUT2D eigenvalue weighted by atomic mass is 9.89. The van der Waals surface area contributed by atoms with Gasteiger partial charge in [-0.25, -0.2) is 12.8 Å². The van der Waals surface area contributed by atoms with Gasteiger partial charge in [-0.05, 0) is 61.2 Å². The van der Waals surface area contributed by atoms with Crippen LogP contribution in [0.25, 0.3) is 6.08 Å². The maximum Gasteiger partial charge on any atom is 0.419 e. The van der Waals surface area contributed by atoms with E-state index in [2.05, 4.69) is 10.3 Å². The highest BCUT2D eigenvalue weighted by Crippen LogP contribution is 2.35. The largest absolute Gasteiger partial charge is 0.419 e. The Balaban J connectivity index is 1.48. The predicted octanol–water partition coefficient (Wildman–Crippen LogP) is 3.21. The zero-order valence-electron chi connectivity index (χ0n) is 22.2. The van der Waals surface area contributed by atoms with Crippen LogP contribution < -0.4 is 10.2 Å². The summed E-state index contributed by atoms with van der Waals surface area (Å²) in [6.07, 6.45) is -3.60. The molecule has 0 saturated carbocycles. The van der Waals surface area contributed by atoms with Gasteiger partial charge in [-0.1, -0.05) is 12.1 Å². The second-order valence-corrected chi connectivity index (χ2v) is 11.6. The van der Waals surface area contributed by atoms with Crippen LogP contribution in [0.5, 0.6) is 0 Å². The molecular formula is C27H28F4N4O5S. The van der Waals surface area contributed by atoms with Crippen LogP contribution in [-0.4, -0.2) is 67.3 Å². The lowest BCUT2D eigenvalue weighted by molar-refractivity contribution is -0.140. The van der Waals surface area contributed by atoms with Crippen LogP contribution in [0, 0.1) is 12.7 Å². The maximum atomic E-state index is 14.6. The number of amidine groups is 1. The fourth-order valence-electron chi connectivity index (χ4n) is 4.86. The Morgan fingerprint density at radius 2 is 1.90 bits per heavy atom. The lowest BCUT2D eigenvalue weighted by Gasteiger charge is -2.34. The van der Waals surface area contributed by atoms with Gasteiger partial charge in [-0.2, -0.15) is 17.5 Å². The fraction of sp³-hybridized carbons (Fsp3) is 0.370. The number of sulfonamides is 1. The van der Waals surface area contributed by atoms with Crippen LogP contribution >= 0.6 is 0 Å². The number of piperidine rings is 1. The number of aryl methyl sites for hydroxylation is 1. The first-order chi connectivity index (χ1) is 19.2. The molecule has 2 amide bonds. The Morgan fingerprint density at radius 1 is 1.22 bits per heavy atom. The summed E-state index contributed by atoms with van der Waals surface area (Å²) in [5, 5.41) is 12.6. The smallest absolute Gasteiger partial charge is 0.395 e. The van der Waals surface area contributed by atoms with Crippen molar-refractivity contribution < 1.29 is 40.7 Å². The van der Waals surface area contributed by atoms with Gasteiger partial charge in [-0.15, -0.1) is 0 Å². The van der Waals surface area contributed by atoms with Crippen LogP contribution in [0.15, 0.2) is 46.8 Å².